The second-order valence-electron chi connectivity index (χ2n) is 6.24. The molecular weight excluding hydrogens is 276 g/mol. The van der Waals surface area contributed by atoms with Crippen molar-refractivity contribution in [2.24, 2.45) is 0 Å². The molecule has 0 saturated heterocycles. The van der Waals surface area contributed by atoms with Gasteiger partial charge in [0.15, 0.2) is 0 Å². The van der Waals surface area contributed by atoms with E-state index in [9.17, 15) is 0 Å². The Hall–Kier alpha value is -1.32. The number of hydrogen-bond donors (Lipinski definition) is 1. The molecule has 110 valence electrons. The monoisotopic (exact) mass is 298 g/mol. The zero-order valence-electron chi connectivity index (χ0n) is 12.3. The van der Waals surface area contributed by atoms with Crippen molar-refractivity contribution in [3.05, 3.63) is 51.7 Å². The molecule has 1 aliphatic heterocycles. The summed E-state index contributed by atoms with van der Waals surface area (Å²) in [7, 11) is 0. The summed E-state index contributed by atoms with van der Waals surface area (Å²) in [4.78, 5) is 4.14. The fourth-order valence-corrected chi connectivity index (χ4v) is 3.95. The number of anilines is 1. The molecule has 2 aliphatic rings. The molecule has 1 fully saturated rings. The summed E-state index contributed by atoms with van der Waals surface area (Å²) >= 11 is 1.88. The van der Waals surface area contributed by atoms with E-state index in [4.69, 9.17) is 0 Å². The van der Waals surface area contributed by atoms with Crippen molar-refractivity contribution in [1.29, 1.82) is 0 Å². The molecule has 2 nitrogen and oxygen atoms in total. The topological polar surface area (TPSA) is 15.3 Å². The summed E-state index contributed by atoms with van der Waals surface area (Å²) in [5.41, 5.74) is 4.33. The molecule has 1 N–H and O–H groups in total. The first-order chi connectivity index (χ1) is 10.4. The van der Waals surface area contributed by atoms with Gasteiger partial charge in [-0.25, -0.2) is 0 Å². The fraction of sp³-hybridized carbons (Fsp3) is 0.444. The molecule has 4 rings (SSSR count). The molecule has 1 aromatic carbocycles. The number of nitrogens with one attached hydrogen (secondary N) is 1. The first-order valence-electron chi connectivity index (χ1n) is 8.00. The number of aryl methyl sites for hydroxylation is 1. The Morgan fingerprint density at radius 2 is 2.14 bits per heavy atom. The summed E-state index contributed by atoms with van der Waals surface area (Å²) in [5, 5.41) is 5.69. The lowest BCUT2D eigenvalue weighted by Crippen LogP contribution is -2.24. The molecule has 2 aromatic rings. The van der Waals surface area contributed by atoms with Crippen molar-refractivity contribution in [3.63, 3.8) is 0 Å². The molecule has 3 heteroatoms. The van der Waals surface area contributed by atoms with Gasteiger partial charge in [0.05, 0.1) is 0 Å². The van der Waals surface area contributed by atoms with Gasteiger partial charge in [0.25, 0.3) is 0 Å². The number of nitrogens with zero attached hydrogens (tertiary/aromatic N) is 1. The highest BCUT2D eigenvalue weighted by molar-refractivity contribution is 7.09. The third-order valence-electron chi connectivity index (χ3n) is 4.50. The number of benzene rings is 1. The molecular formula is C18H22N2S. The Morgan fingerprint density at radius 1 is 1.19 bits per heavy atom. The zero-order valence-corrected chi connectivity index (χ0v) is 13.2. The van der Waals surface area contributed by atoms with Crippen molar-refractivity contribution >= 4 is 17.0 Å². The number of hydrogen-bond acceptors (Lipinski definition) is 3. The molecule has 0 amide bonds. The van der Waals surface area contributed by atoms with Crippen LogP contribution in [0.15, 0.2) is 35.7 Å². The standard InChI is InChI=1S/C18H22N2S/c1-3-15-11-14(5-8-18(15)19-9-1)12-20(16-6-7-16)13-17-4-2-10-21-17/h2,4-5,8,10-11,16,19H,1,3,6-7,9,12-13H2. The van der Waals surface area contributed by atoms with E-state index in [0.717, 1.165) is 25.7 Å². The predicted octanol–water partition coefficient (Wildman–Crippen LogP) is 4.27. The van der Waals surface area contributed by atoms with Gasteiger partial charge in [0.2, 0.25) is 0 Å². The second-order valence-corrected chi connectivity index (χ2v) is 7.27. The largest absolute Gasteiger partial charge is 0.385 e. The predicted molar refractivity (Wildman–Crippen MR) is 89.8 cm³/mol. The summed E-state index contributed by atoms with van der Waals surface area (Å²) in [5.74, 6) is 0. The highest BCUT2D eigenvalue weighted by Crippen LogP contribution is 2.31. The van der Waals surface area contributed by atoms with Crippen molar-refractivity contribution in [2.45, 2.75) is 44.8 Å². The van der Waals surface area contributed by atoms with Crippen LogP contribution in [0.4, 0.5) is 5.69 Å². The van der Waals surface area contributed by atoms with E-state index in [1.165, 1.54) is 47.4 Å². The van der Waals surface area contributed by atoms with E-state index in [1.54, 1.807) is 0 Å². The van der Waals surface area contributed by atoms with Gasteiger partial charge in [-0.2, -0.15) is 0 Å². The molecule has 1 aliphatic carbocycles. The molecule has 0 unspecified atom stereocenters. The average molecular weight is 298 g/mol. The molecule has 1 saturated carbocycles. The smallest absolute Gasteiger partial charge is 0.0372 e. The van der Waals surface area contributed by atoms with Gasteiger partial charge in [-0.1, -0.05) is 18.2 Å². The van der Waals surface area contributed by atoms with Gasteiger partial charge < -0.3 is 5.32 Å². The van der Waals surface area contributed by atoms with Gasteiger partial charge >= 0.3 is 0 Å². The lowest BCUT2D eigenvalue weighted by Gasteiger charge is -2.23. The summed E-state index contributed by atoms with van der Waals surface area (Å²) in [6, 6.07) is 12.2. The summed E-state index contributed by atoms with van der Waals surface area (Å²) < 4.78 is 0. The Kier molecular flexibility index (Phi) is 3.70. The molecule has 0 atom stereocenters. The molecule has 2 heterocycles. The molecule has 0 spiro atoms. The zero-order chi connectivity index (χ0) is 14.1. The van der Waals surface area contributed by atoms with E-state index in [1.807, 2.05) is 11.3 Å². The SMILES string of the molecule is c1csc(CN(Cc2ccc3c(c2)CCCN3)C2CC2)c1. The van der Waals surface area contributed by atoms with Gasteiger partial charge in [-0.15, -0.1) is 11.3 Å². The van der Waals surface area contributed by atoms with Gasteiger partial charge in [-0.3, -0.25) is 4.90 Å². The Bertz CT molecular complexity index is 602. The van der Waals surface area contributed by atoms with Crippen molar-refractivity contribution in [1.82, 2.24) is 4.90 Å². The van der Waals surface area contributed by atoms with E-state index >= 15 is 0 Å². The maximum atomic E-state index is 3.50. The minimum Gasteiger partial charge on any atom is -0.385 e. The van der Waals surface area contributed by atoms with E-state index in [-0.39, 0.29) is 0 Å². The van der Waals surface area contributed by atoms with Crippen molar-refractivity contribution < 1.29 is 0 Å². The van der Waals surface area contributed by atoms with Gasteiger partial charge in [0, 0.05) is 36.2 Å². The van der Waals surface area contributed by atoms with E-state index in [2.05, 4.69) is 45.9 Å². The third kappa shape index (κ3) is 3.14. The van der Waals surface area contributed by atoms with Crippen LogP contribution in [0.5, 0.6) is 0 Å². The average Bonchev–Trinajstić information content (AvgIpc) is 3.24. The third-order valence-corrected chi connectivity index (χ3v) is 5.36. The molecule has 0 radical (unpaired) electrons. The van der Waals surface area contributed by atoms with Crippen molar-refractivity contribution in [3.8, 4) is 0 Å². The van der Waals surface area contributed by atoms with Crippen LogP contribution in [0.2, 0.25) is 0 Å². The van der Waals surface area contributed by atoms with Crippen LogP contribution in [0.25, 0.3) is 0 Å². The normalized spacial score (nSPS) is 17.6. The second kappa shape index (κ2) is 5.82. The van der Waals surface area contributed by atoms with Crippen LogP contribution in [-0.2, 0) is 19.5 Å². The summed E-state index contributed by atoms with van der Waals surface area (Å²) in [6.45, 7) is 3.33. The van der Waals surface area contributed by atoms with E-state index < -0.39 is 0 Å². The minimum absolute atomic E-state index is 0.807. The highest BCUT2D eigenvalue weighted by Gasteiger charge is 2.29. The lowest BCUT2D eigenvalue weighted by molar-refractivity contribution is 0.248. The molecule has 0 bridgehead atoms. The first-order valence-corrected chi connectivity index (χ1v) is 8.88. The Balaban J connectivity index is 1.50. The van der Waals surface area contributed by atoms with Crippen LogP contribution in [0, 0.1) is 0 Å². The number of rotatable bonds is 5. The van der Waals surface area contributed by atoms with E-state index in [0.29, 0.717) is 0 Å². The molecule has 21 heavy (non-hydrogen) atoms. The Morgan fingerprint density at radius 3 is 2.95 bits per heavy atom. The quantitative estimate of drug-likeness (QED) is 0.886. The van der Waals surface area contributed by atoms with Gasteiger partial charge in [-0.05, 0) is 54.3 Å². The molecule has 1 aromatic heterocycles. The lowest BCUT2D eigenvalue weighted by atomic mass is 10.0. The first kappa shape index (κ1) is 13.4. The fourth-order valence-electron chi connectivity index (χ4n) is 3.22. The van der Waals surface area contributed by atoms with Crippen LogP contribution in [0.3, 0.4) is 0 Å². The number of fused-ring (bicyclic) bond motifs is 1. The van der Waals surface area contributed by atoms with Crippen LogP contribution in [-0.4, -0.2) is 17.5 Å². The van der Waals surface area contributed by atoms with Crippen LogP contribution >= 0.6 is 11.3 Å². The highest BCUT2D eigenvalue weighted by atomic mass is 32.1. The van der Waals surface area contributed by atoms with Crippen LogP contribution < -0.4 is 5.32 Å². The maximum absolute atomic E-state index is 3.50. The van der Waals surface area contributed by atoms with Crippen molar-refractivity contribution in [2.75, 3.05) is 11.9 Å². The van der Waals surface area contributed by atoms with Crippen LogP contribution in [0.1, 0.15) is 35.3 Å². The summed E-state index contributed by atoms with van der Waals surface area (Å²) in [6.07, 6.45) is 5.23. The Labute approximate surface area is 130 Å². The number of thiophene rings is 1. The maximum Gasteiger partial charge on any atom is 0.0372 e. The van der Waals surface area contributed by atoms with Gasteiger partial charge in [0.1, 0.15) is 0 Å². The minimum atomic E-state index is 0.807.